The Hall–Kier alpha value is -3.09. The fraction of sp³-hybridized carbons (Fsp3) is 0.235. The van der Waals surface area contributed by atoms with E-state index in [1.54, 1.807) is 16.1 Å². The smallest absolute Gasteiger partial charge is 0.324 e. The minimum Gasteiger partial charge on any atom is -0.340 e. The van der Waals surface area contributed by atoms with Crippen molar-refractivity contribution < 1.29 is 4.79 Å². The van der Waals surface area contributed by atoms with E-state index in [1.165, 1.54) is 0 Å². The van der Waals surface area contributed by atoms with Crippen molar-refractivity contribution in [3.63, 3.8) is 0 Å². The molecule has 7 nitrogen and oxygen atoms in total. The number of rotatable bonds is 3. The third-order valence-electron chi connectivity index (χ3n) is 4.30. The first kappa shape index (κ1) is 14.5. The first-order valence-corrected chi connectivity index (χ1v) is 7.79. The predicted molar refractivity (Wildman–Crippen MR) is 93.6 cm³/mol. The summed E-state index contributed by atoms with van der Waals surface area (Å²) >= 11 is 0. The topological polar surface area (TPSA) is 66.3 Å². The van der Waals surface area contributed by atoms with Crippen molar-refractivity contribution in [2.45, 2.75) is 0 Å². The van der Waals surface area contributed by atoms with Gasteiger partial charge in [-0.25, -0.2) is 14.8 Å². The molecule has 3 heterocycles. The van der Waals surface area contributed by atoms with E-state index in [9.17, 15) is 4.79 Å². The second-order valence-corrected chi connectivity index (χ2v) is 5.92. The zero-order valence-corrected chi connectivity index (χ0v) is 13.6. The summed E-state index contributed by atoms with van der Waals surface area (Å²) in [5.74, 6) is 0.752. The molecule has 0 aliphatic carbocycles. The van der Waals surface area contributed by atoms with Crippen LogP contribution < -0.4 is 10.2 Å². The highest BCUT2D eigenvalue weighted by molar-refractivity contribution is 5.95. The Morgan fingerprint density at radius 3 is 2.79 bits per heavy atom. The number of urea groups is 1. The molecule has 7 heteroatoms. The first-order valence-electron chi connectivity index (χ1n) is 7.79. The number of carbonyl (C=O) groups excluding carboxylic acids is 1. The molecule has 0 atom stereocenters. The van der Waals surface area contributed by atoms with Gasteiger partial charge in [-0.15, -0.1) is 0 Å². The highest BCUT2D eigenvalue weighted by Gasteiger charge is 2.26. The summed E-state index contributed by atoms with van der Waals surface area (Å²) < 4.78 is 1.96. The van der Waals surface area contributed by atoms with Gasteiger partial charge in [-0.05, 0) is 24.3 Å². The maximum Gasteiger partial charge on any atom is 0.324 e. The highest BCUT2D eigenvalue weighted by atomic mass is 16.2. The summed E-state index contributed by atoms with van der Waals surface area (Å²) in [6.07, 6.45) is 3.51. The fourth-order valence-corrected chi connectivity index (χ4v) is 2.95. The number of carbonyl (C=O) groups is 1. The van der Waals surface area contributed by atoms with Crippen LogP contribution in [-0.2, 0) is 7.05 Å². The van der Waals surface area contributed by atoms with E-state index in [0.717, 1.165) is 34.8 Å². The van der Waals surface area contributed by atoms with Gasteiger partial charge in [0.05, 0.1) is 5.39 Å². The summed E-state index contributed by atoms with van der Waals surface area (Å²) in [6, 6.07) is 9.83. The van der Waals surface area contributed by atoms with Gasteiger partial charge in [0.15, 0.2) is 0 Å². The van der Waals surface area contributed by atoms with Crippen molar-refractivity contribution in [3.8, 4) is 0 Å². The third kappa shape index (κ3) is 2.34. The Labute approximate surface area is 139 Å². The average molecular weight is 322 g/mol. The number of hydrogen-bond donors (Lipinski definition) is 1. The third-order valence-corrected chi connectivity index (χ3v) is 4.30. The van der Waals surface area contributed by atoms with E-state index < -0.39 is 0 Å². The van der Waals surface area contributed by atoms with Gasteiger partial charge in [0.2, 0.25) is 0 Å². The molecule has 2 amide bonds. The Morgan fingerprint density at radius 2 is 2.00 bits per heavy atom. The van der Waals surface area contributed by atoms with E-state index >= 15 is 0 Å². The van der Waals surface area contributed by atoms with Crippen LogP contribution in [0.15, 0.2) is 42.9 Å². The van der Waals surface area contributed by atoms with Gasteiger partial charge in [0, 0.05) is 44.8 Å². The standard InChI is InChI=1S/C17H18N6O/c1-21-7-6-14-15(18-11-19-16(14)21)20-12-4-3-5-13(10-12)23-9-8-22(2)17(23)24/h3-7,10-11H,8-9H2,1-2H3,(H,18,19,20). The fourth-order valence-electron chi connectivity index (χ4n) is 2.95. The van der Waals surface area contributed by atoms with Crippen LogP contribution in [0, 0.1) is 0 Å². The largest absolute Gasteiger partial charge is 0.340 e. The summed E-state index contributed by atoms with van der Waals surface area (Å²) in [6.45, 7) is 1.45. The molecule has 0 spiro atoms. The number of benzene rings is 1. The first-order chi connectivity index (χ1) is 11.6. The molecular formula is C17H18N6O. The lowest BCUT2D eigenvalue weighted by molar-refractivity contribution is 0.229. The maximum absolute atomic E-state index is 12.2. The van der Waals surface area contributed by atoms with Crippen LogP contribution in [0.25, 0.3) is 11.0 Å². The molecule has 1 fully saturated rings. The molecule has 1 aliphatic heterocycles. The predicted octanol–water partition coefficient (Wildman–Crippen LogP) is 2.58. The zero-order chi connectivity index (χ0) is 16.7. The summed E-state index contributed by atoms with van der Waals surface area (Å²) in [7, 11) is 3.77. The lowest BCUT2D eigenvalue weighted by Crippen LogP contribution is -2.29. The average Bonchev–Trinajstić information content (AvgIpc) is 3.13. The summed E-state index contributed by atoms with van der Waals surface area (Å²) in [4.78, 5) is 24.3. The molecule has 24 heavy (non-hydrogen) atoms. The van der Waals surface area contributed by atoms with E-state index in [1.807, 2.05) is 55.2 Å². The van der Waals surface area contributed by atoms with Crippen LogP contribution in [-0.4, -0.2) is 45.6 Å². The van der Waals surface area contributed by atoms with E-state index in [-0.39, 0.29) is 6.03 Å². The number of fused-ring (bicyclic) bond motifs is 1. The molecule has 4 rings (SSSR count). The number of nitrogens with one attached hydrogen (secondary N) is 1. The van der Waals surface area contributed by atoms with E-state index in [2.05, 4.69) is 15.3 Å². The van der Waals surface area contributed by atoms with Crippen molar-refractivity contribution in [1.29, 1.82) is 0 Å². The molecule has 0 radical (unpaired) electrons. The summed E-state index contributed by atoms with van der Waals surface area (Å²) in [5, 5.41) is 4.29. The van der Waals surface area contributed by atoms with Gasteiger partial charge in [-0.1, -0.05) is 6.07 Å². The van der Waals surface area contributed by atoms with Gasteiger partial charge in [-0.2, -0.15) is 0 Å². The van der Waals surface area contributed by atoms with Gasteiger partial charge >= 0.3 is 6.03 Å². The Morgan fingerprint density at radius 1 is 1.12 bits per heavy atom. The molecule has 3 aromatic rings. The Bertz CT molecular complexity index is 918. The van der Waals surface area contributed by atoms with Crippen LogP contribution >= 0.6 is 0 Å². The molecule has 1 aliphatic rings. The van der Waals surface area contributed by atoms with Crippen LogP contribution in [0.2, 0.25) is 0 Å². The number of likely N-dealkylation sites (N-methyl/N-ethyl adjacent to an activating group) is 1. The molecule has 0 unspecified atom stereocenters. The second-order valence-electron chi connectivity index (χ2n) is 5.92. The molecule has 1 saturated heterocycles. The number of aryl methyl sites for hydroxylation is 1. The molecule has 0 bridgehead atoms. The van der Waals surface area contributed by atoms with Crippen molar-refractivity contribution in [2.24, 2.45) is 7.05 Å². The second kappa shape index (κ2) is 5.52. The van der Waals surface area contributed by atoms with Crippen LogP contribution in [0.1, 0.15) is 0 Å². The minimum absolute atomic E-state index is 0.0274. The van der Waals surface area contributed by atoms with Gasteiger partial charge in [0.1, 0.15) is 17.8 Å². The minimum atomic E-state index is 0.0274. The SMILES string of the molecule is CN1CCN(c2cccc(Nc3ncnc4c3ccn4C)c2)C1=O. The molecule has 1 N–H and O–H groups in total. The van der Waals surface area contributed by atoms with Crippen molar-refractivity contribution >= 4 is 34.3 Å². The zero-order valence-electron chi connectivity index (χ0n) is 13.6. The summed E-state index contributed by atoms with van der Waals surface area (Å²) in [5.41, 5.74) is 2.64. The maximum atomic E-state index is 12.2. The monoisotopic (exact) mass is 322 g/mol. The van der Waals surface area contributed by atoms with Crippen LogP contribution in [0.4, 0.5) is 22.0 Å². The number of nitrogens with zero attached hydrogens (tertiary/aromatic N) is 5. The van der Waals surface area contributed by atoms with Crippen molar-refractivity contribution in [2.75, 3.05) is 30.4 Å². The van der Waals surface area contributed by atoms with Crippen molar-refractivity contribution in [3.05, 3.63) is 42.9 Å². The molecule has 2 aromatic heterocycles. The number of hydrogen-bond acceptors (Lipinski definition) is 4. The lowest BCUT2D eigenvalue weighted by Gasteiger charge is -2.17. The van der Waals surface area contributed by atoms with E-state index in [4.69, 9.17) is 0 Å². The van der Waals surface area contributed by atoms with Crippen molar-refractivity contribution in [1.82, 2.24) is 19.4 Å². The number of aromatic nitrogens is 3. The Kier molecular flexibility index (Phi) is 3.34. The van der Waals surface area contributed by atoms with Crippen LogP contribution in [0.5, 0.6) is 0 Å². The van der Waals surface area contributed by atoms with E-state index in [0.29, 0.717) is 6.54 Å². The van der Waals surface area contributed by atoms with Gasteiger partial charge in [-0.3, -0.25) is 4.90 Å². The quantitative estimate of drug-likeness (QED) is 0.805. The normalized spacial score (nSPS) is 14.7. The number of anilines is 3. The molecule has 1 aromatic carbocycles. The Balaban J connectivity index is 1.65. The number of amides is 2. The highest BCUT2D eigenvalue weighted by Crippen LogP contribution is 2.27. The van der Waals surface area contributed by atoms with Crippen LogP contribution in [0.3, 0.4) is 0 Å². The lowest BCUT2D eigenvalue weighted by atomic mass is 10.2. The molecule has 0 saturated carbocycles. The molecular weight excluding hydrogens is 304 g/mol. The van der Waals surface area contributed by atoms with Gasteiger partial charge in [0.25, 0.3) is 0 Å². The van der Waals surface area contributed by atoms with Gasteiger partial charge < -0.3 is 14.8 Å². The molecule has 122 valence electrons.